The number of piperidine rings is 1. The molecule has 0 bridgehead atoms. The zero-order valence-corrected chi connectivity index (χ0v) is 8.75. The summed E-state index contributed by atoms with van der Waals surface area (Å²) in [5.41, 5.74) is 0. The summed E-state index contributed by atoms with van der Waals surface area (Å²) in [6, 6.07) is 0. The number of carbonyl (C=O) groups is 1. The Morgan fingerprint density at radius 2 is 2.31 bits per heavy atom. The smallest absolute Gasteiger partial charge is 0.222 e. The molecule has 1 amide bonds. The van der Waals surface area contributed by atoms with E-state index >= 15 is 0 Å². The molecule has 0 aliphatic carbocycles. The van der Waals surface area contributed by atoms with Crippen molar-refractivity contribution in [2.45, 2.75) is 32.8 Å². The maximum absolute atomic E-state index is 11.3. The maximum atomic E-state index is 11.3. The number of nitrogens with zero attached hydrogens (tertiary/aromatic N) is 1. The maximum Gasteiger partial charge on any atom is 0.222 e. The van der Waals surface area contributed by atoms with Gasteiger partial charge in [-0.25, -0.2) is 0 Å². The SMILES string of the molecule is CC(C)OC[C@H]1CCN(C)C(=O)C1. The molecule has 13 heavy (non-hydrogen) atoms. The van der Waals surface area contributed by atoms with Gasteiger partial charge in [0.2, 0.25) is 5.91 Å². The molecule has 0 radical (unpaired) electrons. The van der Waals surface area contributed by atoms with Crippen LogP contribution in [0.5, 0.6) is 0 Å². The number of amides is 1. The molecule has 0 N–H and O–H groups in total. The normalized spacial score (nSPS) is 24.2. The van der Waals surface area contributed by atoms with Crippen LogP contribution in [0.1, 0.15) is 26.7 Å². The first kappa shape index (κ1) is 10.5. The van der Waals surface area contributed by atoms with E-state index in [0.29, 0.717) is 12.3 Å². The van der Waals surface area contributed by atoms with E-state index in [-0.39, 0.29) is 12.0 Å². The van der Waals surface area contributed by atoms with E-state index in [1.807, 2.05) is 20.9 Å². The summed E-state index contributed by atoms with van der Waals surface area (Å²) in [6.07, 6.45) is 2.01. The van der Waals surface area contributed by atoms with Crippen LogP contribution in [0.3, 0.4) is 0 Å². The molecule has 0 aromatic carbocycles. The van der Waals surface area contributed by atoms with E-state index in [4.69, 9.17) is 4.74 Å². The Labute approximate surface area is 80.1 Å². The number of ether oxygens (including phenoxy) is 1. The molecular weight excluding hydrogens is 166 g/mol. The van der Waals surface area contributed by atoms with Crippen LogP contribution >= 0.6 is 0 Å². The van der Waals surface area contributed by atoms with Crippen LogP contribution in [-0.4, -0.2) is 37.1 Å². The van der Waals surface area contributed by atoms with Gasteiger partial charge in [-0.15, -0.1) is 0 Å². The molecule has 3 nitrogen and oxygen atoms in total. The van der Waals surface area contributed by atoms with E-state index in [1.54, 1.807) is 4.90 Å². The van der Waals surface area contributed by atoms with Gasteiger partial charge >= 0.3 is 0 Å². The van der Waals surface area contributed by atoms with Crippen molar-refractivity contribution in [2.24, 2.45) is 5.92 Å². The fourth-order valence-corrected chi connectivity index (χ4v) is 1.48. The Morgan fingerprint density at radius 3 is 2.85 bits per heavy atom. The van der Waals surface area contributed by atoms with Gasteiger partial charge in [-0.05, 0) is 26.2 Å². The molecule has 0 saturated carbocycles. The third kappa shape index (κ3) is 3.35. The molecular formula is C10H19NO2. The van der Waals surface area contributed by atoms with Crippen molar-refractivity contribution in [3.63, 3.8) is 0 Å². The zero-order valence-electron chi connectivity index (χ0n) is 8.75. The Hall–Kier alpha value is -0.570. The minimum atomic E-state index is 0.253. The lowest BCUT2D eigenvalue weighted by atomic mass is 9.97. The lowest BCUT2D eigenvalue weighted by Crippen LogP contribution is -2.37. The Bertz CT molecular complexity index is 180. The second-order valence-corrected chi connectivity index (χ2v) is 4.06. The van der Waals surface area contributed by atoms with Crippen LogP contribution in [0.2, 0.25) is 0 Å². The molecule has 1 saturated heterocycles. The van der Waals surface area contributed by atoms with Crippen LogP contribution in [0, 0.1) is 5.92 Å². The van der Waals surface area contributed by atoms with Crippen LogP contribution in [0.4, 0.5) is 0 Å². The standard InChI is InChI=1S/C10H19NO2/c1-8(2)13-7-9-4-5-11(3)10(12)6-9/h8-9H,4-7H2,1-3H3/t9-/m0/s1. The molecule has 0 unspecified atom stereocenters. The minimum Gasteiger partial charge on any atom is -0.378 e. The van der Waals surface area contributed by atoms with E-state index in [9.17, 15) is 4.79 Å². The van der Waals surface area contributed by atoms with Crippen LogP contribution in [0.15, 0.2) is 0 Å². The van der Waals surface area contributed by atoms with E-state index in [0.717, 1.165) is 19.6 Å². The average Bonchev–Trinajstić information content (AvgIpc) is 2.07. The van der Waals surface area contributed by atoms with Gasteiger partial charge < -0.3 is 9.64 Å². The summed E-state index contributed by atoms with van der Waals surface area (Å²) in [5, 5.41) is 0. The number of hydrogen-bond donors (Lipinski definition) is 0. The second-order valence-electron chi connectivity index (χ2n) is 4.06. The lowest BCUT2D eigenvalue weighted by Gasteiger charge is -2.28. The third-order valence-electron chi connectivity index (χ3n) is 2.43. The fraction of sp³-hybridized carbons (Fsp3) is 0.900. The van der Waals surface area contributed by atoms with Gasteiger partial charge in [-0.3, -0.25) is 4.79 Å². The first-order valence-corrected chi connectivity index (χ1v) is 4.95. The third-order valence-corrected chi connectivity index (χ3v) is 2.43. The van der Waals surface area contributed by atoms with Crippen molar-refractivity contribution >= 4 is 5.91 Å². The molecule has 76 valence electrons. The molecule has 0 aromatic rings. The average molecular weight is 185 g/mol. The van der Waals surface area contributed by atoms with Gasteiger partial charge in [-0.2, -0.15) is 0 Å². The van der Waals surface area contributed by atoms with Crippen molar-refractivity contribution in [2.75, 3.05) is 20.2 Å². The van der Waals surface area contributed by atoms with Crippen molar-refractivity contribution in [3.05, 3.63) is 0 Å². The summed E-state index contributed by atoms with van der Waals surface area (Å²) in [4.78, 5) is 13.1. The van der Waals surface area contributed by atoms with Gasteiger partial charge in [-0.1, -0.05) is 0 Å². The number of carbonyl (C=O) groups excluding carboxylic acids is 1. The molecule has 1 rings (SSSR count). The van der Waals surface area contributed by atoms with Gasteiger partial charge in [0.1, 0.15) is 0 Å². The summed E-state index contributed by atoms with van der Waals surface area (Å²) in [7, 11) is 1.86. The highest BCUT2D eigenvalue weighted by Gasteiger charge is 2.23. The van der Waals surface area contributed by atoms with Crippen molar-refractivity contribution in [1.82, 2.24) is 4.90 Å². The molecule has 1 aliphatic heterocycles. The molecule has 0 spiro atoms. The van der Waals surface area contributed by atoms with Gasteiger partial charge in [0.05, 0.1) is 12.7 Å². The van der Waals surface area contributed by atoms with Gasteiger partial charge in [0, 0.05) is 20.0 Å². The molecule has 3 heteroatoms. The quantitative estimate of drug-likeness (QED) is 0.663. The Kier molecular flexibility index (Phi) is 3.72. The predicted octanol–water partition coefficient (Wildman–Crippen LogP) is 1.28. The monoisotopic (exact) mass is 185 g/mol. The summed E-state index contributed by atoms with van der Waals surface area (Å²) >= 11 is 0. The molecule has 1 heterocycles. The fourth-order valence-electron chi connectivity index (χ4n) is 1.48. The van der Waals surface area contributed by atoms with Gasteiger partial charge in [0.15, 0.2) is 0 Å². The highest BCUT2D eigenvalue weighted by molar-refractivity contribution is 5.76. The number of hydrogen-bond acceptors (Lipinski definition) is 2. The van der Waals surface area contributed by atoms with E-state index in [1.165, 1.54) is 0 Å². The van der Waals surface area contributed by atoms with Crippen molar-refractivity contribution in [3.8, 4) is 0 Å². The predicted molar refractivity (Wildman–Crippen MR) is 51.4 cm³/mol. The lowest BCUT2D eigenvalue weighted by molar-refractivity contribution is -0.134. The van der Waals surface area contributed by atoms with Crippen molar-refractivity contribution in [1.29, 1.82) is 0 Å². The minimum absolute atomic E-state index is 0.253. The van der Waals surface area contributed by atoms with E-state index < -0.39 is 0 Å². The topological polar surface area (TPSA) is 29.5 Å². The van der Waals surface area contributed by atoms with Crippen LogP contribution in [0.25, 0.3) is 0 Å². The van der Waals surface area contributed by atoms with Gasteiger partial charge in [0.25, 0.3) is 0 Å². The summed E-state index contributed by atoms with van der Waals surface area (Å²) in [6.45, 7) is 5.66. The highest BCUT2D eigenvalue weighted by atomic mass is 16.5. The number of rotatable bonds is 3. The van der Waals surface area contributed by atoms with Crippen molar-refractivity contribution < 1.29 is 9.53 Å². The second kappa shape index (κ2) is 4.61. The van der Waals surface area contributed by atoms with Crippen LogP contribution in [-0.2, 0) is 9.53 Å². The zero-order chi connectivity index (χ0) is 9.84. The molecule has 1 atom stereocenters. The summed E-state index contributed by atoms with van der Waals surface area (Å²) < 4.78 is 5.49. The molecule has 1 aliphatic rings. The Balaban J connectivity index is 2.25. The molecule has 1 fully saturated rings. The van der Waals surface area contributed by atoms with Crippen LogP contribution < -0.4 is 0 Å². The van der Waals surface area contributed by atoms with E-state index in [2.05, 4.69) is 0 Å². The first-order chi connectivity index (χ1) is 6.09. The Morgan fingerprint density at radius 1 is 1.62 bits per heavy atom. The highest BCUT2D eigenvalue weighted by Crippen LogP contribution is 2.17. The molecule has 0 aromatic heterocycles. The summed E-state index contributed by atoms with van der Waals surface area (Å²) in [5.74, 6) is 0.690. The number of likely N-dealkylation sites (tertiary alicyclic amines) is 1. The first-order valence-electron chi connectivity index (χ1n) is 4.95. The largest absolute Gasteiger partial charge is 0.378 e.